The fourth-order valence-electron chi connectivity index (χ4n) is 4.24. The van der Waals surface area contributed by atoms with E-state index in [1.807, 2.05) is 85.8 Å². The maximum atomic E-state index is 12.8. The Labute approximate surface area is 192 Å². The number of anilines is 2. The number of carbonyl (C=O) groups is 2. The molecule has 0 spiro atoms. The smallest absolute Gasteiger partial charge is 0.229 e. The predicted octanol–water partition coefficient (Wildman–Crippen LogP) is 5.93. The summed E-state index contributed by atoms with van der Waals surface area (Å²) in [5.41, 5.74) is 2.56. The number of para-hydroxylation sites is 1. The van der Waals surface area contributed by atoms with Crippen LogP contribution in [0, 0.1) is 12.8 Å². The number of nitrogens with zero attached hydrogens (tertiary/aromatic N) is 1. The van der Waals surface area contributed by atoms with Gasteiger partial charge < -0.3 is 15.0 Å². The first-order chi connectivity index (χ1) is 16.1. The van der Waals surface area contributed by atoms with Gasteiger partial charge in [0.25, 0.3) is 0 Å². The van der Waals surface area contributed by atoms with E-state index in [0.29, 0.717) is 18.0 Å². The topological polar surface area (TPSA) is 58.6 Å². The molecule has 164 valence electrons. The maximum Gasteiger partial charge on any atom is 0.229 e. The van der Waals surface area contributed by atoms with Crippen LogP contribution < -0.4 is 15.0 Å². The molecule has 1 aliphatic heterocycles. The predicted molar refractivity (Wildman–Crippen MR) is 131 cm³/mol. The van der Waals surface area contributed by atoms with E-state index in [4.69, 9.17) is 4.74 Å². The highest BCUT2D eigenvalue weighted by molar-refractivity contribution is 6.03. The lowest BCUT2D eigenvalue weighted by Crippen LogP contribution is -2.28. The Morgan fingerprint density at radius 2 is 1.64 bits per heavy atom. The summed E-state index contributed by atoms with van der Waals surface area (Å²) < 4.78 is 6.08. The van der Waals surface area contributed by atoms with Crippen LogP contribution in [0.5, 0.6) is 11.5 Å². The Bertz CT molecular complexity index is 1330. The lowest BCUT2D eigenvalue weighted by Gasteiger charge is -2.19. The van der Waals surface area contributed by atoms with Crippen LogP contribution in [0.2, 0.25) is 0 Å². The van der Waals surface area contributed by atoms with Crippen LogP contribution in [0.1, 0.15) is 12.0 Å². The van der Waals surface area contributed by atoms with Crippen molar-refractivity contribution in [2.24, 2.45) is 5.92 Å². The number of rotatable bonds is 5. The van der Waals surface area contributed by atoms with Crippen LogP contribution in [0.15, 0.2) is 91.0 Å². The van der Waals surface area contributed by atoms with Gasteiger partial charge in [-0.15, -0.1) is 0 Å². The number of hydrogen-bond acceptors (Lipinski definition) is 3. The number of fused-ring (bicyclic) bond motifs is 1. The molecule has 5 rings (SSSR count). The normalized spacial score (nSPS) is 15.6. The third kappa shape index (κ3) is 4.30. The van der Waals surface area contributed by atoms with Crippen molar-refractivity contribution in [3.8, 4) is 11.5 Å². The van der Waals surface area contributed by atoms with Crippen LogP contribution >= 0.6 is 0 Å². The summed E-state index contributed by atoms with van der Waals surface area (Å²) in [6.45, 7) is 2.36. The van der Waals surface area contributed by atoms with E-state index in [-0.39, 0.29) is 24.2 Å². The second-order valence-electron chi connectivity index (χ2n) is 8.28. The Morgan fingerprint density at radius 1 is 0.909 bits per heavy atom. The van der Waals surface area contributed by atoms with Crippen LogP contribution in [-0.4, -0.2) is 18.4 Å². The first-order valence-corrected chi connectivity index (χ1v) is 11.0. The average molecular weight is 437 g/mol. The van der Waals surface area contributed by atoms with Crippen molar-refractivity contribution in [3.05, 3.63) is 96.6 Å². The van der Waals surface area contributed by atoms with Crippen molar-refractivity contribution in [3.63, 3.8) is 0 Å². The summed E-state index contributed by atoms with van der Waals surface area (Å²) in [6, 6.07) is 29.1. The minimum absolute atomic E-state index is 0.0247. The number of amides is 2. The fraction of sp³-hybridized carbons (Fsp3) is 0.143. The number of aryl methyl sites for hydroxylation is 1. The number of ether oxygens (including phenoxy) is 1. The molecule has 1 heterocycles. The van der Waals surface area contributed by atoms with Crippen molar-refractivity contribution in [2.45, 2.75) is 13.3 Å². The lowest BCUT2D eigenvalue weighted by atomic mass is 10.1. The molecule has 5 heteroatoms. The summed E-state index contributed by atoms with van der Waals surface area (Å²) in [5.74, 6) is 0.908. The molecule has 0 aromatic heterocycles. The van der Waals surface area contributed by atoms with Gasteiger partial charge in [0.15, 0.2) is 0 Å². The molecular formula is C28H24N2O3. The number of hydrogen-bond donors (Lipinski definition) is 1. The van der Waals surface area contributed by atoms with Crippen molar-refractivity contribution in [2.75, 3.05) is 16.8 Å². The standard InChI is InChI=1S/C28H24N2O3/c1-19-7-2-5-11-25(19)30-18-21(17-27(30)31)28(32)29-22-13-15-23(16-14-22)33-26-12-6-9-20-8-3-4-10-24(20)26/h2-16,21H,17-18H2,1H3,(H,29,32)/t21-/m1/s1. The highest BCUT2D eigenvalue weighted by atomic mass is 16.5. The molecule has 4 aromatic rings. The molecule has 1 fully saturated rings. The van der Waals surface area contributed by atoms with Gasteiger partial charge in [-0.1, -0.05) is 54.6 Å². The molecule has 4 aromatic carbocycles. The minimum Gasteiger partial charge on any atom is -0.457 e. The molecule has 33 heavy (non-hydrogen) atoms. The van der Waals surface area contributed by atoms with Crippen molar-refractivity contribution in [1.29, 1.82) is 0 Å². The second-order valence-corrected chi connectivity index (χ2v) is 8.28. The molecule has 0 unspecified atom stereocenters. The zero-order valence-corrected chi connectivity index (χ0v) is 18.3. The van der Waals surface area contributed by atoms with Gasteiger partial charge in [-0.3, -0.25) is 9.59 Å². The van der Waals surface area contributed by atoms with E-state index in [2.05, 4.69) is 17.4 Å². The van der Waals surface area contributed by atoms with Gasteiger partial charge in [-0.05, 0) is 54.3 Å². The molecule has 0 aliphatic carbocycles. The summed E-state index contributed by atoms with van der Waals surface area (Å²) in [7, 11) is 0. The third-order valence-corrected chi connectivity index (χ3v) is 6.00. The molecular weight excluding hydrogens is 412 g/mol. The van der Waals surface area contributed by atoms with E-state index < -0.39 is 0 Å². The Kier molecular flexibility index (Phi) is 5.53. The molecule has 5 nitrogen and oxygen atoms in total. The lowest BCUT2D eigenvalue weighted by molar-refractivity contribution is -0.122. The number of carbonyl (C=O) groups excluding carboxylic acids is 2. The van der Waals surface area contributed by atoms with Crippen molar-refractivity contribution >= 4 is 34.0 Å². The van der Waals surface area contributed by atoms with Crippen LogP contribution in [-0.2, 0) is 9.59 Å². The Balaban J connectivity index is 1.24. The summed E-state index contributed by atoms with van der Waals surface area (Å²) in [5, 5.41) is 5.10. The summed E-state index contributed by atoms with van der Waals surface area (Å²) in [6.07, 6.45) is 0.211. The van der Waals surface area contributed by atoms with Gasteiger partial charge in [0.1, 0.15) is 11.5 Å². The molecule has 0 saturated carbocycles. The fourth-order valence-corrected chi connectivity index (χ4v) is 4.24. The van der Waals surface area contributed by atoms with E-state index in [9.17, 15) is 9.59 Å². The highest BCUT2D eigenvalue weighted by Gasteiger charge is 2.35. The summed E-state index contributed by atoms with van der Waals surface area (Å²) in [4.78, 5) is 27.1. The molecule has 0 radical (unpaired) electrons. The zero-order valence-electron chi connectivity index (χ0n) is 18.3. The average Bonchev–Trinajstić information content (AvgIpc) is 3.22. The Morgan fingerprint density at radius 3 is 2.45 bits per heavy atom. The van der Waals surface area contributed by atoms with Crippen LogP contribution in [0.25, 0.3) is 10.8 Å². The molecule has 1 saturated heterocycles. The quantitative estimate of drug-likeness (QED) is 0.422. The molecule has 1 aliphatic rings. The van der Waals surface area contributed by atoms with Gasteiger partial charge in [0, 0.05) is 29.7 Å². The Hall–Kier alpha value is -4.12. The maximum absolute atomic E-state index is 12.8. The van der Waals surface area contributed by atoms with E-state index >= 15 is 0 Å². The van der Waals surface area contributed by atoms with Crippen LogP contribution in [0.3, 0.4) is 0 Å². The third-order valence-electron chi connectivity index (χ3n) is 6.00. The number of nitrogens with one attached hydrogen (secondary N) is 1. The monoisotopic (exact) mass is 436 g/mol. The molecule has 1 N–H and O–H groups in total. The highest BCUT2D eigenvalue weighted by Crippen LogP contribution is 2.31. The van der Waals surface area contributed by atoms with Gasteiger partial charge in [0.2, 0.25) is 11.8 Å². The first-order valence-electron chi connectivity index (χ1n) is 11.0. The van der Waals surface area contributed by atoms with Crippen molar-refractivity contribution in [1.82, 2.24) is 0 Å². The van der Waals surface area contributed by atoms with E-state index in [0.717, 1.165) is 27.8 Å². The summed E-state index contributed by atoms with van der Waals surface area (Å²) >= 11 is 0. The SMILES string of the molecule is Cc1ccccc1N1C[C@H](C(=O)Nc2ccc(Oc3cccc4ccccc34)cc2)CC1=O. The van der Waals surface area contributed by atoms with E-state index in [1.54, 1.807) is 4.90 Å². The van der Waals surface area contributed by atoms with Gasteiger partial charge >= 0.3 is 0 Å². The second kappa shape index (κ2) is 8.79. The molecule has 1 atom stereocenters. The zero-order chi connectivity index (χ0) is 22.8. The van der Waals surface area contributed by atoms with Crippen molar-refractivity contribution < 1.29 is 14.3 Å². The van der Waals surface area contributed by atoms with Gasteiger partial charge in [0.05, 0.1) is 5.92 Å². The van der Waals surface area contributed by atoms with Gasteiger partial charge in [-0.2, -0.15) is 0 Å². The van der Waals surface area contributed by atoms with E-state index in [1.165, 1.54) is 0 Å². The molecule has 0 bridgehead atoms. The largest absolute Gasteiger partial charge is 0.457 e. The first kappa shape index (κ1) is 20.8. The van der Waals surface area contributed by atoms with Gasteiger partial charge in [-0.25, -0.2) is 0 Å². The minimum atomic E-state index is -0.385. The molecule has 2 amide bonds. The number of benzene rings is 4. The van der Waals surface area contributed by atoms with Crippen LogP contribution in [0.4, 0.5) is 11.4 Å².